The molecule has 33 heavy (non-hydrogen) atoms. The number of allylic oxidation sites excluding steroid dienone is 1. The van der Waals surface area contributed by atoms with E-state index in [-0.39, 0.29) is 11.7 Å². The quantitative estimate of drug-likeness (QED) is 0.513. The predicted molar refractivity (Wildman–Crippen MR) is 122 cm³/mol. The van der Waals surface area contributed by atoms with Crippen LogP contribution in [0.15, 0.2) is 58.9 Å². The van der Waals surface area contributed by atoms with Gasteiger partial charge in [-0.25, -0.2) is 8.42 Å². The molecule has 3 aromatic rings. The van der Waals surface area contributed by atoms with E-state index in [1.54, 1.807) is 6.08 Å². The van der Waals surface area contributed by atoms with Crippen molar-refractivity contribution in [2.45, 2.75) is 11.4 Å². The minimum Gasteiger partial charge on any atom is -0.454 e. The third kappa shape index (κ3) is 4.08. The van der Waals surface area contributed by atoms with Gasteiger partial charge in [-0.05, 0) is 24.3 Å². The number of hydrogen-bond donors (Lipinski definition) is 0. The van der Waals surface area contributed by atoms with E-state index in [0.717, 1.165) is 10.2 Å². The lowest BCUT2D eigenvalue weighted by Crippen LogP contribution is -2.40. The van der Waals surface area contributed by atoms with Crippen LogP contribution in [0.3, 0.4) is 0 Å². The summed E-state index contributed by atoms with van der Waals surface area (Å²) in [7, 11) is -3.63. The van der Waals surface area contributed by atoms with Crippen molar-refractivity contribution in [1.82, 2.24) is 8.87 Å². The molecule has 1 fully saturated rings. The Bertz CT molecular complexity index is 1400. The fourth-order valence-corrected chi connectivity index (χ4v) is 6.16. The number of carbonyl (C=O) groups excluding carboxylic acids is 1. The predicted octanol–water partition coefficient (Wildman–Crippen LogP) is 2.38. The first-order valence-electron chi connectivity index (χ1n) is 10.3. The monoisotopic (exact) mass is 487 g/mol. The number of fused-ring (bicyclic) bond motifs is 2. The molecule has 2 aliphatic heterocycles. The number of hydrogen-bond acceptors (Lipinski definition) is 7. The Morgan fingerprint density at radius 1 is 1.12 bits per heavy atom. The topological polar surface area (TPSA) is 99.4 Å². The second-order valence-electron chi connectivity index (χ2n) is 7.41. The van der Waals surface area contributed by atoms with Crippen LogP contribution in [0.25, 0.3) is 10.2 Å². The summed E-state index contributed by atoms with van der Waals surface area (Å²) in [6.45, 7) is 5.81. The van der Waals surface area contributed by atoms with E-state index in [0.29, 0.717) is 54.7 Å². The molecule has 1 aromatic heterocycles. The van der Waals surface area contributed by atoms with Crippen LogP contribution in [0.4, 0.5) is 0 Å². The van der Waals surface area contributed by atoms with Crippen LogP contribution in [0.2, 0.25) is 0 Å². The molecule has 1 amide bonds. The van der Waals surface area contributed by atoms with Gasteiger partial charge < -0.3 is 18.8 Å². The van der Waals surface area contributed by atoms with Gasteiger partial charge in [-0.2, -0.15) is 9.30 Å². The first-order chi connectivity index (χ1) is 16.0. The SMILES string of the molecule is C=CCn1c(=NC(=O)c2ccc(S(=O)(=O)N3CCOCC3)cc2)sc2cc3c(cc21)OCO3. The Morgan fingerprint density at radius 3 is 2.52 bits per heavy atom. The Labute approximate surface area is 194 Å². The van der Waals surface area contributed by atoms with Gasteiger partial charge in [0, 0.05) is 37.3 Å². The minimum absolute atomic E-state index is 0.138. The van der Waals surface area contributed by atoms with Crippen LogP contribution in [0.1, 0.15) is 10.4 Å². The maximum atomic E-state index is 12.9. The highest BCUT2D eigenvalue weighted by atomic mass is 32.2. The summed E-state index contributed by atoms with van der Waals surface area (Å²) in [6, 6.07) is 9.59. The highest BCUT2D eigenvalue weighted by molar-refractivity contribution is 7.89. The summed E-state index contributed by atoms with van der Waals surface area (Å²) in [4.78, 5) is 17.8. The molecule has 2 aliphatic rings. The number of aromatic nitrogens is 1. The average Bonchev–Trinajstić information content (AvgIpc) is 3.42. The van der Waals surface area contributed by atoms with Gasteiger partial charge in [-0.3, -0.25) is 4.79 Å². The van der Waals surface area contributed by atoms with Crippen molar-refractivity contribution in [3.8, 4) is 11.5 Å². The van der Waals surface area contributed by atoms with Gasteiger partial charge in [0.1, 0.15) is 0 Å². The molecular formula is C22H21N3O6S2. The zero-order valence-corrected chi connectivity index (χ0v) is 19.2. The number of ether oxygens (including phenoxy) is 3. The second-order valence-corrected chi connectivity index (χ2v) is 10.4. The zero-order chi connectivity index (χ0) is 23.0. The van der Waals surface area contributed by atoms with Gasteiger partial charge in [0.25, 0.3) is 5.91 Å². The van der Waals surface area contributed by atoms with E-state index in [1.165, 1.54) is 39.9 Å². The van der Waals surface area contributed by atoms with Crippen molar-refractivity contribution < 1.29 is 27.4 Å². The maximum absolute atomic E-state index is 12.9. The Kier molecular flexibility index (Phi) is 5.79. The molecule has 0 bridgehead atoms. The molecule has 172 valence electrons. The highest BCUT2D eigenvalue weighted by Crippen LogP contribution is 2.37. The first kappa shape index (κ1) is 21.8. The third-order valence-electron chi connectivity index (χ3n) is 5.40. The van der Waals surface area contributed by atoms with Crippen LogP contribution in [-0.4, -0.2) is 56.3 Å². The third-order valence-corrected chi connectivity index (χ3v) is 8.35. The number of rotatable bonds is 5. The fourth-order valence-electron chi connectivity index (χ4n) is 3.71. The number of thiazole rings is 1. The molecule has 9 nitrogen and oxygen atoms in total. The van der Waals surface area contributed by atoms with Gasteiger partial charge in [-0.1, -0.05) is 17.4 Å². The summed E-state index contributed by atoms with van der Waals surface area (Å²) in [5.41, 5.74) is 1.16. The van der Waals surface area contributed by atoms with Crippen molar-refractivity contribution in [3.63, 3.8) is 0 Å². The number of morpholine rings is 1. The molecule has 0 aliphatic carbocycles. The van der Waals surface area contributed by atoms with Gasteiger partial charge in [-0.15, -0.1) is 6.58 Å². The van der Waals surface area contributed by atoms with Gasteiger partial charge in [0.2, 0.25) is 16.8 Å². The van der Waals surface area contributed by atoms with Crippen molar-refractivity contribution in [1.29, 1.82) is 0 Å². The second kappa shape index (κ2) is 8.75. The number of nitrogens with zero attached hydrogens (tertiary/aromatic N) is 3. The molecule has 1 saturated heterocycles. The standard InChI is InChI=1S/C22H21N3O6S2/c1-2-7-25-17-12-18-19(31-14-30-18)13-20(17)32-22(25)23-21(26)15-3-5-16(6-4-15)33(27,28)24-8-10-29-11-9-24/h2-6,12-13H,1,7-11,14H2. The van der Waals surface area contributed by atoms with Crippen molar-refractivity contribution in [2.75, 3.05) is 33.1 Å². The van der Waals surface area contributed by atoms with E-state index in [1.807, 2.05) is 16.7 Å². The molecule has 5 rings (SSSR count). The number of benzene rings is 2. The molecule has 11 heteroatoms. The van der Waals surface area contributed by atoms with Crippen molar-refractivity contribution >= 4 is 37.5 Å². The van der Waals surface area contributed by atoms with Crippen molar-refractivity contribution in [3.05, 3.63) is 59.4 Å². The Morgan fingerprint density at radius 2 is 1.82 bits per heavy atom. The van der Waals surface area contributed by atoms with E-state index in [4.69, 9.17) is 14.2 Å². The van der Waals surface area contributed by atoms with Crippen molar-refractivity contribution in [2.24, 2.45) is 4.99 Å². The summed E-state index contributed by atoms with van der Waals surface area (Å²) in [6.07, 6.45) is 1.73. The van der Waals surface area contributed by atoms with E-state index < -0.39 is 15.9 Å². The Hall–Kier alpha value is -2.99. The fraction of sp³-hybridized carbons (Fsp3) is 0.273. The molecule has 0 N–H and O–H groups in total. The molecular weight excluding hydrogens is 466 g/mol. The van der Waals surface area contributed by atoms with Crippen LogP contribution in [0, 0.1) is 0 Å². The molecule has 0 unspecified atom stereocenters. The smallest absolute Gasteiger partial charge is 0.279 e. The minimum atomic E-state index is -3.63. The lowest BCUT2D eigenvalue weighted by molar-refractivity contribution is 0.0730. The molecule has 0 saturated carbocycles. The summed E-state index contributed by atoms with van der Waals surface area (Å²) < 4.78 is 45.9. The zero-order valence-electron chi connectivity index (χ0n) is 17.6. The van der Waals surface area contributed by atoms with Crippen LogP contribution >= 0.6 is 11.3 Å². The number of carbonyl (C=O) groups is 1. The summed E-state index contributed by atoms with van der Waals surface area (Å²) >= 11 is 1.36. The largest absolute Gasteiger partial charge is 0.454 e. The van der Waals surface area contributed by atoms with E-state index >= 15 is 0 Å². The van der Waals surface area contributed by atoms with Gasteiger partial charge >= 0.3 is 0 Å². The normalized spacial score (nSPS) is 16.9. The van der Waals surface area contributed by atoms with Crippen LogP contribution < -0.4 is 14.3 Å². The number of amides is 1. The van der Waals surface area contributed by atoms with Crippen LogP contribution in [-0.2, 0) is 21.3 Å². The summed E-state index contributed by atoms with van der Waals surface area (Å²) in [5.74, 6) is 0.840. The van der Waals surface area contributed by atoms with Gasteiger partial charge in [0.15, 0.2) is 16.3 Å². The average molecular weight is 488 g/mol. The van der Waals surface area contributed by atoms with E-state index in [9.17, 15) is 13.2 Å². The molecule has 2 aromatic carbocycles. The molecule has 0 radical (unpaired) electrons. The molecule has 0 spiro atoms. The van der Waals surface area contributed by atoms with Gasteiger partial charge in [0.05, 0.1) is 28.3 Å². The lowest BCUT2D eigenvalue weighted by Gasteiger charge is -2.26. The maximum Gasteiger partial charge on any atom is 0.279 e. The molecule has 3 heterocycles. The van der Waals surface area contributed by atoms with Crippen LogP contribution in [0.5, 0.6) is 11.5 Å². The highest BCUT2D eigenvalue weighted by Gasteiger charge is 2.26. The number of sulfonamides is 1. The molecule has 0 atom stereocenters. The summed E-state index contributed by atoms with van der Waals surface area (Å²) in [5, 5.41) is 0. The Balaban J connectivity index is 1.47. The first-order valence-corrected chi connectivity index (χ1v) is 12.5. The lowest BCUT2D eigenvalue weighted by atomic mass is 10.2. The van der Waals surface area contributed by atoms with E-state index in [2.05, 4.69) is 11.6 Å².